The Labute approximate surface area is 312 Å². The monoisotopic (exact) mass is 720 g/mol. The molecule has 0 aliphatic heterocycles. The number of nitrogens with zero attached hydrogens (tertiary/aromatic N) is 1. The Morgan fingerprint density at radius 2 is 1.65 bits per heavy atom. The molecule has 6 rings (SSSR count). The Balaban J connectivity index is 0.00000162. The number of amides is 1. The van der Waals surface area contributed by atoms with Crippen LogP contribution in [0.15, 0.2) is 43.0 Å². The second-order valence-corrected chi connectivity index (χ2v) is 19.9. The molecule has 0 aromatic heterocycles. The zero-order valence-electron chi connectivity index (χ0n) is 33.1. The average Bonchev–Trinajstić information content (AvgIpc) is 3.50. The predicted molar refractivity (Wildman–Crippen MR) is 212 cm³/mol. The number of hydrogen-bond acceptors (Lipinski definition) is 4. The summed E-state index contributed by atoms with van der Waals surface area (Å²) in [5.74, 6) is 2.67. The number of fused-ring (bicyclic) bond motifs is 7. The molecule has 0 saturated heterocycles. The molecule has 4 fully saturated rings. The van der Waals surface area contributed by atoms with Crippen LogP contribution in [0.25, 0.3) is 5.57 Å². The Kier molecular flexibility index (Phi) is 11.9. The van der Waals surface area contributed by atoms with E-state index in [-0.39, 0.29) is 16.7 Å². The number of nitrogens with one attached hydrogen (secondary N) is 1. The van der Waals surface area contributed by atoms with Crippen LogP contribution in [0.5, 0.6) is 0 Å². The summed E-state index contributed by atoms with van der Waals surface area (Å²) in [5, 5.41) is 13.2. The number of carboxylic acids is 1. The first-order valence-corrected chi connectivity index (χ1v) is 21.6. The van der Waals surface area contributed by atoms with Crippen molar-refractivity contribution in [2.45, 2.75) is 112 Å². The van der Waals surface area contributed by atoms with E-state index >= 15 is 0 Å². The Bertz CT molecular complexity index is 1500. The fourth-order valence-corrected chi connectivity index (χ4v) is 13.5. The maximum absolute atomic E-state index is 12.7. The number of hydrogen-bond donors (Lipinski definition) is 2. The van der Waals surface area contributed by atoms with Crippen LogP contribution in [0.3, 0.4) is 0 Å². The normalized spacial score (nSPS) is 36.8. The van der Waals surface area contributed by atoms with Gasteiger partial charge in [-0.05, 0) is 139 Å². The number of aromatic carboxylic acids is 1. The van der Waals surface area contributed by atoms with Crippen molar-refractivity contribution >= 4 is 28.2 Å². The van der Waals surface area contributed by atoms with Gasteiger partial charge in [-0.1, -0.05) is 65.3 Å². The fourth-order valence-electron chi connectivity index (χ4n) is 13.0. The van der Waals surface area contributed by atoms with Gasteiger partial charge < -0.3 is 15.3 Å². The van der Waals surface area contributed by atoms with Gasteiger partial charge in [-0.3, -0.25) is 9.00 Å². The molecule has 1 amide bonds. The summed E-state index contributed by atoms with van der Waals surface area (Å²) in [6.45, 7) is 20.5. The molecule has 284 valence electrons. The van der Waals surface area contributed by atoms with Crippen molar-refractivity contribution in [1.29, 1.82) is 0 Å². The molecule has 0 radical (unpaired) electrons. The number of rotatable bonds is 10. The van der Waals surface area contributed by atoms with E-state index in [0.717, 1.165) is 31.3 Å². The lowest BCUT2D eigenvalue weighted by Crippen LogP contribution is -2.65. The molecule has 9 atom stereocenters. The van der Waals surface area contributed by atoms with Crippen LogP contribution in [0, 0.1) is 50.7 Å². The molecule has 0 bridgehead atoms. The smallest absolute Gasteiger partial charge is 0.335 e. The second kappa shape index (κ2) is 15.2. The number of allylic oxidation sites excluding steroid dienone is 3. The van der Waals surface area contributed by atoms with Crippen molar-refractivity contribution in [3.05, 3.63) is 54.1 Å². The molecule has 6 nitrogen and oxygen atoms in total. The number of carbonyl (C=O) groups is 2. The summed E-state index contributed by atoms with van der Waals surface area (Å²) in [4.78, 5) is 25.9. The molecule has 5 aliphatic rings. The molecule has 0 spiro atoms. The van der Waals surface area contributed by atoms with Crippen LogP contribution in [-0.2, 0) is 15.6 Å². The minimum Gasteiger partial charge on any atom is -0.478 e. The van der Waals surface area contributed by atoms with Gasteiger partial charge in [0.15, 0.2) is 0 Å². The van der Waals surface area contributed by atoms with E-state index in [4.69, 9.17) is 0 Å². The van der Waals surface area contributed by atoms with Crippen LogP contribution in [0.4, 0.5) is 0 Å². The van der Waals surface area contributed by atoms with Gasteiger partial charge in [-0.15, -0.1) is 6.58 Å². The molecule has 4 saturated carbocycles. The first-order valence-electron chi connectivity index (χ1n) is 19.9. The maximum Gasteiger partial charge on any atom is 0.335 e. The van der Waals surface area contributed by atoms with Crippen molar-refractivity contribution in [2.75, 3.05) is 38.7 Å². The van der Waals surface area contributed by atoms with Crippen LogP contribution in [0.1, 0.15) is 128 Å². The van der Waals surface area contributed by atoms with Gasteiger partial charge in [0.2, 0.25) is 5.91 Å². The van der Waals surface area contributed by atoms with E-state index in [0.29, 0.717) is 52.4 Å². The molecule has 8 unspecified atom stereocenters. The molecule has 5 aliphatic carbocycles. The topological polar surface area (TPSA) is 86.7 Å². The fraction of sp³-hybridized carbons (Fsp3) is 0.727. The molecule has 1 aromatic rings. The lowest BCUT2D eigenvalue weighted by atomic mass is 9.32. The largest absolute Gasteiger partial charge is 0.478 e. The summed E-state index contributed by atoms with van der Waals surface area (Å²) in [7, 11) is 0.956. The van der Waals surface area contributed by atoms with Gasteiger partial charge in [0.05, 0.1) is 5.56 Å². The minimum absolute atomic E-state index is 0.0284. The van der Waals surface area contributed by atoms with Crippen LogP contribution in [-0.4, -0.2) is 64.8 Å². The molecule has 7 heteroatoms. The number of carbonyl (C=O) groups excluding carboxylic acids is 1. The summed E-state index contributed by atoms with van der Waals surface area (Å²) >= 11 is 0. The third-order valence-electron chi connectivity index (χ3n) is 15.7. The number of carboxylic acid groups (broad SMARTS) is 1. The Morgan fingerprint density at radius 1 is 0.961 bits per heavy atom. The van der Waals surface area contributed by atoms with Crippen LogP contribution >= 0.6 is 0 Å². The highest BCUT2D eigenvalue weighted by Gasteiger charge is 2.69. The lowest BCUT2D eigenvalue weighted by molar-refractivity contribution is -0.222. The zero-order chi connectivity index (χ0) is 37.4. The van der Waals surface area contributed by atoms with Crippen molar-refractivity contribution < 1.29 is 18.9 Å². The quantitative estimate of drug-likeness (QED) is 0.186. The van der Waals surface area contributed by atoms with Gasteiger partial charge in [-0.2, -0.15) is 0 Å². The molecular weight excluding hydrogens is 653 g/mol. The molecular formula is C44H68N2O4S. The van der Waals surface area contributed by atoms with E-state index < -0.39 is 16.8 Å². The predicted octanol–water partition coefficient (Wildman–Crippen LogP) is 9.24. The van der Waals surface area contributed by atoms with E-state index in [2.05, 4.69) is 52.6 Å². The molecule has 0 heterocycles. The van der Waals surface area contributed by atoms with Crippen LogP contribution < -0.4 is 5.32 Å². The van der Waals surface area contributed by atoms with Gasteiger partial charge in [0, 0.05) is 55.9 Å². The zero-order valence-corrected chi connectivity index (χ0v) is 33.9. The van der Waals surface area contributed by atoms with E-state index in [1.165, 1.54) is 68.9 Å². The first-order chi connectivity index (χ1) is 24.0. The SMILES string of the molecule is C=CC.CN(CCS(C)=O)C(=O)CCNCC12CCCC1C1CCC3C4(C)CC=C(c5ccc(C(=O)O)cc5)C(C)(C)C4CCC3(C)[C@]1(C)CC2. The second-order valence-electron chi connectivity index (χ2n) is 18.4. The molecule has 1 aromatic carbocycles. The van der Waals surface area contributed by atoms with Gasteiger partial charge in [0.1, 0.15) is 0 Å². The van der Waals surface area contributed by atoms with Crippen LogP contribution in [0.2, 0.25) is 0 Å². The van der Waals surface area contributed by atoms with Crippen molar-refractivity contribution in [2.24, 2.45) is 50.7 Å². The summed E-state index contributed by atoms with van der Waals surface area (Å²) in [6, 6.07) is 7.58. The average molecular weight is 721 g/mol. The minimum atomic E-state index is -0.876. The Morgan fingerprint density at radius 3 is 2.29 bits per heavy atom. The first kappa shape index (κ1) is 39.9. The standard InChI is InChI=1S/C41H62N2O4S.C3H6/c1-37(2)30(28-10-12-29(13-11-28)36(45)46)16-20-38(3)33(37)17-21-40(5)34(38)15-14-31-32-9-8-19-41(32,23-22-39(31,40)4)27-42-24-18-35(44)43(6)25-26-48(7)47;1-3-2/h10-13,16,31-34,42H,8-9,14-15,17-27H2,1-7H3,(H,45,46);3H,1H2,2H3/t31?,32?,33?,34?,38?,39-,40?,41?,48?;/m1./s1. The van der Waals surface area contributed by atoms with Crippen molar-refractivity contribution in [1.82, 2.24) is 10.2 Å². The highest BCUT2D eigenvalue weighted by atomic mass is 32.2. The summed E-state index contributed by atoms with van der Waals surface area (Å²) in [5.41, 5.74) is 4.26. The summed E-state index contributed by atoms with van der Waals surface area (Å²) in [6.07, 6.45) is 19.5. The lowest BCUT2D eigenvalue weighted by Gasteiger charge is -2.72. The van der Waals surface area contributed by atoms with Crippen molar-refractivity contribution in [3.8, 4) is 0 Å². The highest BCUT2D eigenvalue weighted by molar-refractivity contribution is 7.84. The van der Waals surface area contributed by atoms with Gasteiger partial charge >= 0.3 is 5.97 Å². The third kappa shape index (κ3) is 7.09. The highest BCUT2D eigenvalue weighted by Crippen LogP contribution is 2.77. The summed E-state index contributed by atoms with van der Waals surface area (Å²) < 4.78 is 11.5. The number of benzene rings is 1. The molecule has 2 N–H and O–H groups in total. The van der Waals surface area contributed by atoms with E-state index in [1.807, 2.05) is 26.1 Å². The van der Waals surface area contributed by atoms with Gasteiger partial charge in [-0.25, -0.2) is 4.79 Å². The Hall–Kier alpha value is -2.25. The van der Waals surface area contributed by atoms with Gasteiger partial charge in [0.25, 0.3) is 0 Å². The molecule has 51 heavy (non-hydrogen) atoms. The third-order valence-corrected chi connectivity index (χ3v) is 16.5. The van der Waals surface area contributed by atoms with E-state index in [9.17, 15) is 18.9 Å². The maximum atomic E-state index is 12.7. The van der Waals surface area contributed by atoms with Crippen molar-refractivity contribution in [3.63, 3.8) is 0 Å². The van der Waals surface area contributed by atoms with E-state index in [1.54, 1.807) is 29.4 Å².